The Bertz CT molecular complexity index is 227. The van der Waals surface area contributed by atoms with E-state index in [-0.39, 0.29) is 0 Å². The molecule has 0 aliphatic carbocycles. The van der Waals surface area contributed by atoms with Crippen LogP contribution >= 0.6 is 0 Å². The van der Waals surface area contributed by atoms with Crippen LogP contribution in [0.3, 0.4) is 0 Å². The van der Waals surface area contributed by atoms with Crippen LogP contribution in [0.4, 0.5) is 26.3 Å². The lowest BCUT2D eigenvalue weighted by Gasteiger charge is -2.23. The van der Waals surface area contributed by atoms with Crippen molar-refractivity contribution in [1.82, 2.24) is 0 Å². The Morgan fingerprint density at radius 3 is 1.80 bits per heavy atom. The highest BCUT2D eigenvalue weighted by atomic mass is 19.4. The number of nitriles is 1. The minimum Gasteiger partial charge on any atom is -0.358 e. The summed E-state index contributed by atoms with van der Waals surface area (Å²) >= 11 is 0. The molecule has 0 fully saturated rings. The summed E-state index contributed by atoms with van der Waals surface area (Å²) in [6, 6.07) is -0.289. The van der Waals surface area contributed by atoms with Gasteiger partial charge in [-0.1, -0.05) is 0 Å². The number of alkyl halides is 6. The summed E-state index contributed by atoms with van der Waals surface area (Å²) in [4.78, 5) is 0. The number of ether oxygens (including phenoxy) is 1. The minimum absolute atomic E-state index is 1.14. The van der Waals surface area contributed by atoms with Gasteiger partial charge in [-0.3, -0.25) is 0 Å². The van der Waals surface area contributed by atoms with Crippen LogP contribution in [0.2, 0.25) is 0 Å². The van der Waals surface area contributed by atoms with Crippen molar-refractivity contribution in [3.8, 4) is 6.07 Å². The molecule has 1 unspecified atom stereocenters. The quantitative estimate of drug-likeness (QED) is 0.752. The molecule has 0 saturated carbocycles. The van der Waals surface area contributed by atoms with Gasteiger partial charge in [0.15, 0.2) is 0 Å². The molecule has 0 spiro atoms. The second kappa shape index (κ2) is 4.67. The van der Waals surface area contributed by atoms with Crippen molar-refractivity contribution >= 4 is 0 Å². The fourth-order valence-electron chi connectivity index (χ4n) is 0.612. The first-order chi connectivity index (χ1) is 6.59. The van der Waals surface area contributed by atoms with E-state index in [2.05, 4.69) is 4.74 Å². The smallest absolute Gasteiger partial charge is 0.358 e. The van der Waals surface area contributed by atoms with E-state index in [1.165, 1.54) is 6.07 Å². The van der Waals surface area contributed by atoms with E-state index in [1.807, 2.05) is 0 Å². The van der Waals surface area contributed by atoms with Gasteiger partial charge in [0.1, 0.15) is 6.04 Å². The fourth-order valence-corrected chi connectivity index (χ4v) is 0.612. The van der Waals surface area contributed by atoms with Gasteiger partial charge in [-0.2, -0.15) is 31.6 Å². The molecule has 3 nitrogen and oxygen atoms in total. The first-order valence-electron chi connectivity index (χ1n) is 3.49. The molecule has 0 heterocycles. The minimum atomic E-state index is -5.58. The van der Waals surface area contributed by atoms with Gasteiger partial charge in [-0.15, -0.1) is 0 Å². The van der Waals surface area contributed by atoms with Gasteiger partial charge in [-0.05, 0) is 0 Å². The second-order valence-electron chi connectivity index (χ2n) is 2.53. The molecular weight excluding hydrogens is 230 g/mol. The molecule has 0 rings (SSSR count). The molecule has 0 aromatic rings. The highest BCUT2D eigenvalue weighted by Crippen LogP contribution is 2.35. The standard InChI is InChI=1S/C6H6F6N2O/c7-5(8,9)4(6(10,11)12)15-2-3(14)1-13/h3-4H,2,14H2. The summed E-state index contributed by atoms with van der Waals surface area (Å²) < 4.78 is 74.3. The monoisotopic (exact) mass is 236 g/mol. The number of rotatable bonds is 3. The van der Waals surface area contributed by atoms with Crippen LogP contribution in [-0.2, 0) is 4.74 Å². The van der Waals surface area contributed by atoms with Gasteiger partial charge < -0.3 is 10.5 Å². The third-order valence-corrected chi connectivity index (χ3v) is 1.20. The van der Waals surface area contributed by atoms with E-state index in [9.17, 15) is 26.3 Å². The second-order valence-corrected chi connectivity index (χ2v) is 2.53. The Morgan fingerprint density at radius 2 is 1.53 bits per heavy atom. The van der Waals surface area contributed by atoms with Crippen LogP contribution in [0.5, 0.6) is 0 Å². The summed E-state index contributed by atoms with van der Waals surface area (Å²) in [5.41, 5.74) is 4.79. The maximum atomic E-state index is 11.8. The molecule has 1 atom stereocenters. The van der Waals surface area contributed by atoms with E-state index < -0.39 is 31.1 Å². The molecule has 0 aliphatic heterocycles. The molecule has 0 aliphatic rings. The molecule has 0 bridgehead atoms. The zero-order chi connectivity index (χ0) is 12.3. The third-order valence-electron chi connectivity index (χ3n) is 1.20. The molecule has 0 aromatic heterocycles. The van der Waals surface area contributed by atoms with Crippen molar-refractivity contribution in [2.24, 2.45) is 5.73 Å². The molecule has 0 radical (unpaired) electrons. The summed E-state index contributed by atoms with van der Waals surface area (Å²) in [5.74, 6) is 0. The average molecular weight is 236 g/mol. The topological polar surface area (TPSA) is 59.0 Å². The predicted molar refractivity (Wildman–Crippen MR) is 35.4 cm³/mol. The zero-order valence-electron chi connectivity index (χ0n) is 7.06. The fraction of sp³-hybridized carbons (Fsp3) is 0.833. The largest absolute Gasteiger partial charge is 0.423 e. The van der Waals surface area contributed by atoms with Crippen molar-refractivity contribution in [3.63, 3.8) is 0 Å². The Balaban J connectivity index is 4.50. The van der Waals surface area contributed by atoms with Crippen molar-refractivity contribution in [2.45, 2.75) is 24.5 Å². The number of hydrogen-bond acceptors (Lipinski definition) is 3. The van der Waals surface area contributed by atoms with Crippen LogP contribution in [0.25, 0.3) is 0 Å². The Morgan fingerprint density at radius 1 is 1.13 bits per heavy atom. The molecule has 0 amide bonds. The zero-order valence-corrected chi connectivity index (χ0v) is 7.06. The Labute approximate surface area is 80.4 Å². The van der Waals surface area contributed by atoms with Crippen molar-refractivity contribution in [1.29, 1.82) is 5.26 Å². The molecule has 9 heteroatoms. The average Bonchev–Trinajstić information content (AvgIpc) is 1.99. The molecular formula is C6H6F6N2O. The number of nitrogens with zero attached hydrogens (tertiary/aromatic N) is 1. The number of halogens is 6. The highest BCUT2D eigenvalue weighted by molar-refractivity contribution is 4.87. The van der Waals surface area contributed by atoms with E-state index in [1.54, 1.807) is 0 Å². The predicted octanol–water partition coefficient (Wildman–Crippen LogP) is 1.35. The van der Waals surface area contributed by atoms with E-state index in [0.717, 1.165) is 0 Å². The first kappa shape index (κ1) is 14.0. The van der Waals surface area contributed by atoms with Gasteiger partial charge >= 0.3 is 12.4 Å². The molecule has 0 saturated heterocycles. The van der Waals surface area contributed by atoms with Crippen LogP contribution in [0, 0.1) is 11.3 Å². The van der Waals surface area contributed by atoms with Crippen LogP contribution < -0.4 is 5.73 Å². The lowest BCUT2D eigenvalue weighted by atomic mass is 10.3. The molecule has 15 heavy (non-hydrogen) atoms. The van der Waals surface area contributed by atoms with Crippen molar-refractivity contribution in [2.75, 3.05) is 6.61 Å². The Hall–Kier alpha value is -1.01. The molecule has 2 N–H and O–H groups in total. The van der Waals surface area contributed by atoms with Gasteiger partial charge in [0, 0.05) is 0 Å². The van der Waals surface area contributed by atoms with Gasteiger partial charge in [0.25, 0.3) is 0 Å². The van der Waals surface area contributed by atoms with E-state index in [4.69, 9.17) is 11.0 Å². The van der Waals surface area contributed by atoms with Crippen LogP contribution in [-0.4, -0.2) is 31.1 Å². The maximum Gasteiger partial charge on any atom is 0.423 e. The van der Waals surface area contributed by atoms with Gasteiger partial charge in [0.05, 0.1) is 12.7 Å². The summed E-state index contributed by atoms with van der Waals surface area (Å²) in [6.45, 7) is -1.14. The van der Waals surface area contributed by atoms with E-state index in [0.29, 0.717) is 0 Å². The maximum absolute atomic E-state index is 11.8. The molecule has 88 valence electrons. The van der Waals surface area contributed by atoms with Crippen molar-refractivity contribution in [3.05, 3.63) is 0 Å². The number of nitrogens with two attached hydrogens (primary N) is 1. The Kier molecular flexibility index (Phi) is 4.36. The van der Waals surface area contributed by atoms with Gasteiger partial charge in [-0.25, -0.2) is 0 Å². The summed E-state index contributed by atoms with van der Waals surface area (Å²) in [6.07, 6.45) is -15.1. The van der Waals surface area contributed by atoms with Crippen molar-refractivity contribution < 1.29 is 31.1 Å². The normalized spacial score (nSPS) is 15.1. The van der Waals surface area contributed by atoms with E-state index >= 15 is 0 Å². The lowest BCUT2D eigenvalue weighted by Crippen LogP contribution is -2.46. The lowest BCUT2D eigenvalue weighted by molar-refractivity contribution is -0.321. The summed E-state index contributed by atoms with van der Waals surface area (Å²) in [5, 5.41) is 8.04. The molecule has 0 aromatic carbocycles. The van der Waals surface area contributed by atoms with Crippen LogP contribution in [0.15, 0.2) is 0 Å². The first-order valence-corrected chi connectivity index (χ1v) is 3.49. The number of hydrogen-bond donors (Lipinski definition) is 1. The highest BCUT2D eigenvalue weighted by Gasteiger charge is 2.58. The van der Waals surface area contributed by atoms with Gasteiger partial charge in [0.2, 0.25) is 6.10 Å². The third kappa shape index (κ3) is 4.85. The summed E-state index contributed by atoms with van der Waals surface area (Å²) in [7, 11) is 0. The SMILES string of the molecule is N#CC(N)COC(C(F)(F)F)C(F)(F)F. The van der Waals surface area contributed by atoms with Crippen LogP contribution in [0.1, 0.15) is 0 Å².